The van der Waals surface area contributed by atoms with E-state index in [0.29, 0.717) is 0 Å². The zero-order valence-electron chi connectivity index (χ0n) is 23.0. The summed E-state index contributed by atoms with van der Waals surface area (Å²) < 4.78 is 0. The molecule has 0 bridgehead atoms. The Morgan fingerprint density at radius 1 is 0.238 bits per heavy atom. The lowest BCUT2D eigenvalue weighted by molar-refractivity contribution is 1.63. The van der Waals surface area contributed by atoms with Crippen LogP contribution >= 0.6 is 0 Å². The largest absolute Gasteiger partial charge is 0.0616 e. The van der Waals surface area contributed by atoms with Crippen LogP contribution < -0.4 is 0 Å². The Labute approximate surface area is 244 Å². The van der Waals surface area contributed by atoms with Gasteiger partial charge in [0.25, 0.3) is 0 Å². The highest BCUT2D eigenvalue weighted by atomic mass is 14.2. The molecule has 0 amide bonds. The van der Waals surface area contributed by atoms with Crippen LogP contribution in [0.3, 0.4) is 0 Å². The van der Waals surface area contributed by atoms with Crippen LogP contribution in [-0.2, 0) is 0 Å². The van der Waals surface area contributed by atoms with E-state index in [2.05, 4.69) is 158 Å². The van der Waals surface area contributed by atoms with Gasteiger partial charge in [-0.05, 0) is 99.4 Å². The average molecular weight is 531 g/mol. The van der Waals surface area contributed by atoms with Crippen molar-refractivity contribution in [2.45, 2.75) is 0 Å². The molecule has 0 heterocycles. The first kappa shape index (κ1) is 23.3. The smallest absolute Gasteiger partial charge is 0.00201 e. The summed E-state index contributed by atoms with van der Waals surface area (Å²) >= 11 is 0. The molecule has 0 heteroatoms. The maximum Gasteiger partial charge on any atom is -0.00201 e. The van der Waals surface area contributed by atoms with E-state index < -0.39 is 0 Å². The van der Waals surface area contributed by atoms with E-state index in [1.54, 1.807) is 0 Å². The Morgan fingerprint density at radius 3 is 1.67 bits per heavy atom. The molecule has 0 aliphatic heterocycles. The van der Waals surface area contributed by atoms with Crippen LogP contribution in [0.5, 0.6) is 0 Å². The van der Waals surface area contributed by atoms with Gasteiger partial charge in [-0.15, -0.1) is 0 Å². The van der Waals surface area contributed by atoms with Gasteiger partial charge in [0.2, 0.25) is 0 Å². The van der Waals surface area contributed by atoms with Crippen LogP contribution in [-0.4, -0.2) is 0 Å². The van der Waals surface area contributed by atoms with Gasteiger partial charge in [-0.3, -0.25) is 0 Å². The van der Waals surface area contributed by atoms with Gasteiger partial charge in [0, 0.05) is 0 Å². The highest BCUT2D eigenvalue weighted by molar-refractivity contribution is 6.28. The lowest BCUT2D eigenvalue weighted by atomic mass is 9.86. The van der Waals surface area contributed by atoms with Crippen molar-refractivity contribution in [1.82, 2.24) is 0 Å². The summed E-state index contributed by atoms with van der Waals surface area (Å²) in [5.41, 5.74) is 7.59. The first-order valence-electron chi connectivity index (χ1n) is 14.6. The molecule has 0 N–H and O–H groups in total. The highest BCUT2D eigenvalue weighted by Gasteiger charge is 2.16. The first-order chi connectivity index (χ1) is 20.8. The van der Waals surface area contributed by atoms with Crippen LogP contribution in [0.15, 0.2) is 158 Å². The van der Waals surface area contributed by atoms with Gasteiger partial charge in [-0.25, -0.2) is 0 Å². The molecule has 0 atom stereocenters. The Balaban J connectivity index is 1.23. The standard InChI is InChI=1S/C42H26/c1-2-9-32-25-33(20-15-27(32)7-1)37-23-22-34-26-40(38-14-6-11-31-21-24-39(37)42(34)41(31)38)30-18-16-29(17-19-30)36-13-5-10-28-8-3-4-12-35(28)36/h1-26H. The second-order valence-electron chi connectivity index (χ2n) is 11.3. The monoisotopic (exact) mass is 530 g/mol. The van der Waals surface area contributed by atoms with Crippen LogP contribution in [0.25, 0.3) is 87.2 Å². The number of rotatable bonds is 3. The Morgan fingerprint density at radius 2 is 0.786 bits per heavy atom. The van der Waals surface area contributed by atoms with Gasteiger partial charge >= 0.3 is 0 Å². The fourth-order valence-corrected chi connectivity index (χ4v) is 6.98. The second-order valence-corrected chi connectivity index (χ2v) is 11.3. The van der Waals surface area contributed by atoms with Crippen LogP contribution in [0.4, 0.5) is 0 Å². The molecule has 9 aromatic carbocycles. The van der Waals surface area contributed by atoms with Gasteiger partial charge in [0.1, 0.15) is 0 Å². The number of fused-ring (bicyclic) bond motifs is 2. The fraction of sp³-hybridized carbons (Fsp3) is 0. The molecule has 0 radical (unpaired) electrons. The maximum absolute atomic E-state index is 2.39. The molecule has 42 heavy (non-hydrogen) atoms. The molecule has 0 aromatic heterocycles. The van der Waals surface area contributed by atoms with Crippen LogP contribution in [0, 0.1) is 0 Å². The van der Waals surface area contributed by atoms with Crippen molar-refractivity contribution in [1.29, 1.82) is 0 Å². The van der Waals surface area contributed by atoms with Gasteiger partial charge in [-0.2, -0.15) is 0 Å². The summed E-state index contributed by atoms with van der Waals surface area (Å²) in [6.45, 7) is 0. The van der Waals surface area contributed by atoms with Crippen molar-refractivity contribution in [3.63, 3.8) is 0 Å². The lowest BCUT2D eigenvalue weighted by Gasteiger charge is -2.17. The summed E-state index contributed by atoms with van der Waals surface area (Å²) in [6.07, 6.45) is 0. The molecule has 194 valence electrons. The van der Waals surface area contributed by atoms with E-state index in [1.807, 2.05) is 0 Å². The number of hydrogen-bond acceptors (Lipinski definition) is 0. The summed E-state index contributed by atoms with van der Waals surface area (Å²) in [6, 6.07) is 58.1. The number of benzene rings is 9. The molecule has 0 spiro atoms. The zero-order chi connectivity index (χ0) is 27.6. The minimum atomic E-state index is 1.24. The van der Waals surface area contributed by atoms with Gasteiger partial charge in [0.05, 0.1) is 0 Å². The Kier molecular flexibility index (Phi) is 5.00. The van der Waals surface area contributed by atoms with Crippen molar-refractivity contribution in [2.24, 2.45) is 0 Å². The Hall–Kier alpha value is -5.46. The highest BCUT2D eigenvalue weighted by Crippen LogP contribution is 2.43. The molecule has 9 aromatic rings. The molecule has 9 rings (SSSR count). The molecule has 0 aliphatic rings. The van der Waals surface area contributed by atoms with E-state index >= 15 is 0 Å². The van der Waals surface area contributed by atoms with Crippen molar-refractivity contribution in [3.8, 4) is 33.4 Å². The molecule has 0 aliphatic carbocycles. The van der Waals surface area contributed by atoms with Crippen molar-refractivity contribution >= 4 is 53.9 Å². The number of hydrogen-bond donors (Lipinski definition) is 0. The summed E-state index contributed by atoms with van der Waals surface area (Å²) in [7, 11) is 0. The third-order valence-corrected chi connectivity index (χ3v) is 9.00. The van der Waals surface area contributed by atoms with Crippen molar-refractivity contribution in [2.75, 3.05) is 0 Å². The quantitative estimate of drug-likeness (QED) is 0.199. The first-order valence-corrected chi connectivity index (χ1v) is 14.6. The molecule has 0 saturated heterocycles. The molecular weight excluding hydrogens is 504 g/mol. The van der Waals surface area contributed by atoms with Crippen molar-refractivity contribution < 1.29 is 0 Å². The lowest BCUT2D eigenvalue weighted by Crippen LogP contribution is -1.90. The molecular formula is C42H26. The maximum atomic E-state index is 2.39. The normalized spacial score (nSPS) is 11.8. The molecule has 0 fully saturated rings. The van der Waals surface area contributed by atoms with E-state index in [4.69, 9.17) is 0 Å². The van der Waals surface area contributed by atoms with Gasteiger partial charge in [0.15, 0.2) is 0 Å². The third-order valence-electron chi connectivity index (χ3n) is 9.00. The Bertz CT molecular complexity index is 2440. The predicted molar refractivity (Wildman–Crippen MR) is 181 cm³/mol. The minimum absolute atomic E-state index is 1.24. The third kappa shape index (κ3) is 3.49. The van der Waals surface area contributed by atoms with Gasteiger partial charge in [-0.1, -0.05) is 146 Å². The zero-order valence-corrected chi connectivity index (χ0v) is 23.0. The SMILES string of the molecule is c1ccc2cc(-c3ccc4cc(-c5ccc(-c6cccc7ccccc67)cc5)c5cccc6ccc3c4c65)ccc2c1. The summed E-state index contributed by atoms with van der Waals surface area (Å²) in [5, 5.41) is 13.0. The van der Waals surface area contributed by atoms with Crippen LogP contribution in [0.2, 0.25) is 0 Å². The topological polar surface area (TPSA) is 0 Å². The van der Waals surface area contributed by atoms with E-state index in [1.165, 1.54) is 87.2 Å². The minimum Gasteiger partial charge on any atom is -0.0616 e. The fourth-order valence-electron chi connectivity index (χ4n) is 6.98. The van der Waals surface area contributed by atoms with E-state index in [9.17, 15) is 0 Å². The van der Waals surface area contributed by atoms with E-state index in [0.717, 1.165) is 0 Å². The molecule has 0 unspecified atom stereocenters. The average Bonchev–Trinajstić information content (AvgIpc) is 3.06. The van der Waals surface area contributed by atoms with Crippen molar-refractivity contribution in [3.05, 3.63) is 158 Å². The molecule has 0 nitrogen and oxygen atoms in total. The second kappa shape index (κ2) is 9.03. The molecule has 0 saturated carbocycles. The summed E-state index contributed by atoms with van der Waals surface area (Å²) in [5.74, 6) is 0. The summed E-state index contributed by atoms with van der Waals surface area (Å²) in [4.78, 5) is 0. The predicted octanol–water partition coefficient (Wildman–Crippen LogP) is 11.9. The van der Waals surface area contributed by atoms with Gasteiger partial charge < -0.3 is 0 Å². The van der Waals surface area contributed by atoms with E-state index in [-0.39, 0.29) is 0 Å². The van der Waals surface area contributed by atoms with Crippen LogP contribution in [0.1, 0.15) is 0 Å².